The van der Waals surface area contributed by atoms with Crippen LogP contribution in [-0.2, 0) is 9.53 Å². The van der Waals surface area contributed by atoms with Crippen molar-refractivity contribution in [3.8, 4) is 22.6 Å². The molecule has 2 aromatic carbocycles. The third-order valence-corrected chi connectivity index (χ3v) is 3.29. The lowest BCUT2D eigenvalue weighted by molar-refractivity contribution is -0.384. The van der Waals surface area contributed by atoms with Gasteiger partial charge in [0.05, 0.1) is 18.1 Å². The van der Waals surface area contributed by atoms with E-state index < -0.39 is 10.9 Å². The Morgan fingerprint density at radius 2 is 1.84 bits per heavy atom. The molecular weight excluding hydrogens is 326 g/mol. The Hall–Kier alpha value is -3.09. The lowest BCUT2D eigenvalue weighted by atomic mass is 10.0. The molecule has 0 saturated carbocycles. The predicted molar refractivity (Wildman–Crippen MR) is 91.8 cm³/mol. The van der Waals surface area contributed by atoms with Crippen molar-refractivity contribution in [3.63, 3.8) is 0 Å². The molecule has 0 aliphatic carbocycles. The zero-order valence-corrected chi connectivity index (χ0v) is 14.2. The van der Waals surface area contributed by atoms with E-state index >= 15 is 0 Å². The van der Waals surface area contributed by atoms with E-state index in [2.05, 4.69) is 0 Å². The molecule has 0 saturated heterocycles. The van der Waals surface area contributed by atoms with Gasteiger partial charge in [0, 0.05) is 17.7 Å². The number of nitro groups is 1. The summed E-state index contributed by atoms with van der Waals surface area (Å²) in [7, 11) is 1.55. The maximum Gasteiger partial charge on any atom is 0.344 e. The van der Waals surface area contributed by atoms with Gasteiger partial charge in [-0.1, -0.05) is 12.1 Å². The fourth-order valence-corrected chi connectivity index (χ4v) is 2.19. The smallest absolute Gasteiger partial charge is 0.344 e. The van der Waals surface area contributed by atoms with Gasteiger partial charge in [-0.15, -0.1) is 0 Å². The molecule has 7 heteroatoms. The fourth-order valence-electron chi connectivity index (χ4n) is 2.19. The van der Waals surface area contributed by atoms with E-state index in [1.807, 2.05) is 0 Å². The summed E-state index contributed by atoms with van der Waals surface area (Å²) in [5.41, 5.74) is 1.15. The van der Waals surface area contributed by atoms with Crippen molar-refractivity contribution in [1.82, 2.24) is 0 Å². The van der Waals surface area contributed by atoms with Crippen LogP contribution in [0.4, 0.5) is 5.69 Å². The van der Waals surface area contributed by atoms with Crippen molar-refractivity contribution in [2.45, 2.75) is 20.0 Å². The van der Waals surface area contributed by atoms with E-state index in [9.17, 15) is 14.9 Å². The molecule has 0 heterocycles. The van der Waals surface area contributed by atoms with E-state index in [4.69, 9.17) is 14.2 Å². The normalized spacial score (nSPS) is 10.4. The molecule has 25 heavy (non-hydrogen) atoms. The summed E-state index contributed by atoms with van der Waals surface area (Å²) >= 11 is 0. The average Bonchev–Trinajstić information content (AvgIpc) is 2.59. The number of esters is 1. The van der Waals surface area contributed by atoms with Crippen LogP contribution in [0, 0.1) is 10.1 Å². The highest BCUT2D eigenvalue weighted by molar-refractivity contribution is 5.75. The number of ether oxygens (including phenoxy) is 3. The number of non-ortho nitro benzene ring substituents is 1. The van der Waals surface area contributed by atoms with Crippen LogP contribution in [0.5, 0.6) is 11.5 Å². The molecule has 0 fully saturated rings. The molecule has 0 spiro atoms. The molecule has 0 unspecified atom stereocenters. The summed E-state index contributed by atoms with van der Waals surface area (Å²) in [5, 5.41) is 11.1. The molecule has 132 valence electrons. The minimum Gasteiger partial charge on any atom is -0.497 e. The molecule has 0 amide bonds. The SMILES string of the molecule is COc1ccc(-c2cc([N+](=O)[O-])ccc2OCC(=O)OC(C)C)cc1. The van der Waals surface area contributed by atoms with Crippen LogP contribution in [0.15, 0.2) is 42.5 Å². The quantitative estimate of drug-likeness (QED) is 0.433. The zero-order chi connectivity index (χ0) is 18.4. The number of benzene rings is 2. The van der Waals surface area contributed by atoms with Gasteiger partial charge < -0.3 is 14.2 Å². The third kappa shape index (κ3) is 4.94. The molecule has 0 bridgehead atoms. The summed E-state index contributed by atoms with van der Waals surface area (Å²) in [4.78, 5) is 22.2. The van der Waals surface area contributed by atoms with Crippen LogP contribution < -0.4 is 9.47 Å². The summed E-state index contributed by atoms with van der Waals surface area (Å²) in [6.45, 7) is 3.21. The van der Waals surface area contributed by atoms with Gasteiger partial charge in [-0.05, 0) is 37.6 Å². The molecule has 7 nitrogen and oxygen atoms in total. The Kier molecular flexibility index (Phi) is 5.94. The number of methoxy groups -OCH3 is 1. The second kappa shape index (κ2) is 8.14. The van der Waals surface area contributed by atoms with E-state index in [0.717, 1.165) is 0 Å². The van der Waals surface area contributed by atoms with Gasteiger partial charge in [-0.3, -0.25) is 10.1 Å². The molecule has 0 aromatic heterocycles. The number of nitro benzene ring substituents is 1. The van der Waals surface area contributed by atoms with Crippen molar-refractivity contribution >= 4 is 11.7 Å². The largest absolute Gasteiger partial charge is 0.497 e. The van der Waals surface area contributed by atoms with E-state index in [1.54, 1.807) is 45.2 Å². The number of nitrogens with zero attached hydrogens (tertiary/aromatic N) is 1. The van der Waals surface area contributed by atoms with Gasteiger partial charge in [0.1, 0.15) is 11.5 Å². The van der Waals surface area contributed by atoms with Crippen LogP contribution in [0.1, 0.15) is 13.8 Å². The van der Waals surface area contributed by atoms with Crippen molar-refractivity contribution in [2.75, 3.05) is 13.7 Å². The standard InChI is InChI=1S/C18H19NO6/c1-12(2)25-18(20)11-24-17-9-6-14(19(21)22)10-16(17)13-4-7-15(23-3)8-5-13/h4-10,12H,11H2,1-3H3. The number of hydrogen-bond donors (Lipinski definition) is 0. The Labute approximate surface area is 145 Å². The second-order valence-corrected chi connectivity index (χ2v) is 5.49. The predicted octanol–water partition coefficient (Wildman–Crippen LogP) is 3.60. The van der Waals surface area contributed by atoms with Crippen molar-refractivity contribution < 1.29 is 23.9 Å². The number of hydrogen-bond acceptors (Lipinski definition) is 6. The number of carbonyl (C=O) groups excluding carboxylic acids is 1. The highest BCUT2D eigenvalue weighted by Crippen LogP contribution is 2.34. The molecule has 2 rings (SSSR count). The van der Waals surface area contributed by atoms with Gasteiger partial charge >= 0.3 is 5.97 Å². The fraction of sp³-hybridized carbons (Fsp3) is 0.278. The van der Waals surface area contributed by atoms with Crippen molar-refractivity contribution in [2.24, 2.45) is 0 Å². The molecule has 2 aromatic rings. The van der Waals surface area contributed by atoms with Crippen LogP contribution in [0.25, 0.3) is 11.1 Å². The minimum atomic E-state index is -0.506. The van der Waals surface area contributed by atoms with Crippen LogP contribution in [0.2, 0.25) is 0 Å². The monoisotopic (exact) mass is 345 g/mol. The van der Waals surface area contributed by atoms with Gasteiger partial charge in [-0.25, -0.2) is 4.79 Å². The van der Waals surface area contributed by atoms with E-state index in [0.29, 0.717) is 22.6 Å². The lowest BCUT2D eigenvalue weighted by Gasteiger charge is -2.13. The maximum atomic E-state index is 11.7. The Bertz CT molecular complexity index is 755. The van der Waals surface area contributed by atoms with Gasteiger partial charge in [0.25, 0.3) is 5.69 Å². The maximum absolute atomic E-state index is 11.7. The zero-order valence-electron chi connectivity index (χ0n) is 14.2. The lowest BCUT2D eigenvalue weighted by Crippen LogP contribution is -2.18. The molecular formula is C18H19NO6. The second-order valence-electron chi connectivity index (χ2n) is 5.49. The molecule has 0 aliphatic rings. The highest BCUT2D eigenvalue weighted by Gasteiger charge is 2.15. The molecule has 0 radical (unpaired) electrons. The summed E-state index contributed by atoms with van der Waals surface area (Å²) in [6.07, 6.45) is -0.242. The van der Waals surface area contributed by atoms with Gasteiger partial charge in [0.2, 0.25) is 0 Å². The van der Waals surface area contributed by atoms with Crippen LogP contribution in [-0.4, -0.2) is 30.7 Å². The summed E-state index contributed by atoms with van der Waals surface area (Å²) in [5.74, 6) is 0.516. The summed E-state index contributed by atoms with van der Waals surface area (Å²) in [6, 6.07) is 11.2. The molecule has 0 atom stereocenters. The number of rotatable bonds is 7. The number of carbonyl (C=O) groups is 1. The Morgan fingerprint density at radius 3 is 2.40 bits per heavy atom. The van der Waals surface area contributed by atoms with Crippen molar-refractivity contribution in [1.29, 1.82) is 0 Å². The van der Waals surface area contributed by atoms with Crippen LogP contribution >= 0.6 is 0 Å². The third-order valence-electron chi connectivity index (χ3n) is 3.29. The first-order valence-corrected chi connectivity index (χ1v) is 7.66. The first kappa shape index (κ1) is 18.3. The summed E-state index contributed by atoms with van der Waals surface area (Å²) < 4.78 is 15.7. The minimum absolute atomic E-state index is 0.0667. The topological polar surface area (TPSA) is 87.9 Å². The first-order chi connectivity index (χ1) is 11.9. The van der Waals surface area contributed by atoms with Gasteiger partial charge in [-0.2, -0.15) is 0 Å². The van der Waals surface area contributed by atoms with E-state index in [1.165, 1.54) is 18.2 Å². The molecule has 0 N–H and O–H groups in total. The first-order valence-electron chi connectivity index (χ1n) is 7.66. The highest BCUT2D eigenvalue weighted by atomic mass is 16.6. The van der Waals surface area contributed by atoms with Crippen LogP contribution in [0.3, 0.4) is 0 Å². The molecule has 0 aliphatic heterocycles. The van der Waals surface area contributed by atoms with E-state index in [-0.39, 0.29) is 18.4 Å². The van der Waals surface area contributed by atoms with Crippen molar-refractivity contribution in [3.05, 3.63) is 52.6 Å². The Balaban J connectivity index is 2.31. The Morgan fingerprint density at radius 1 is 1.16 bits per heavy atom. The van der Waals surface area contributed by atoms with Gasteiger partial charge in [0.15, 0.2) is 6.61 Å². The average molecular weight is 345 g/mol.